The van der Waals surface area contributed by atoms with Crippen molar-refractivity contribution in [3.05, 3.63) is 12.2 Å². The van der Waals surface area contributed by atoms with Crippen molar-refractivity contribution >= 4 is 5.91 Å². The van der Waals surface area contributed by atoms with Crippen LogP contribution in [0, 0.1) is 0 Å². The Kier molecular flexibility index (Phi) is 47.6. The lowest BCUT2D eigenvalue weighted by molar-refractivity contribution is -0.379. The zero-order valence-electron chi connectivity index (χ0n) is 55.0. The van der Waals surface area contributed by atoms with Crippen molar-refractivity contribution in [1.82, 2.24) is 5.32 Å². The normalized spacial score (nSPS) is 28.4. The molecule has 0 aromatic heterocycles. The SMILES string of the molecule is CCCCCCCCCCCCCCCCCCCCC/C=C/C(O)C(COC1OC(CO)C(OC2OC(CO)C(OC3OC(CO)C(O)C(O)C3O)C(O)C2O)C(O)C1O)NC(=O)CCCCCCCCCCCCCCCCCCCCCCCC. The minimum Gasteiger partial charge on any atom is -0.394 e. The van der Waals surface area contributed by atoms with Gasteiger partial charge in [0.2, 0.25) is 5.91 Å². The Labute approximate surface area is 531 Å². The van der Waals surface area contributed by atoms with Gasteiger partial charge in [0.15, 0.2) is 18.9 Å². The summed E-state index contributed by atoms with van der Waals surface area (Å²) in [5.41, 5.74) is 0. The molecule has 17 atom stereocenters. The molecule has 19 heteroatoms. The van der Waals surface area contributed by atoms with Gasteiger partial charge in [-0.1, -0.05) is 276 Å². The highest BCUT2D eigenvalue weighted by Crippen LogP contribution is 2.33. The number of hydrogen-bond donors (Lipinski definition) is 12. The van der Waals surface area contributed by atoms with E-state index in [2.05, 4.69) is 19.2 Å². The fraction of sp³-hybridized carbons (Fsp3) is 0.957. The first-order chi connectivity index (χ1) is 42.8. The molecule has 0 radical (unpaired) electrons. The molecule has 19 nitrogen and oxygen atoms in total. The second-order valence-corrected chi connectivity index (χ2v) is 26.1. The van der Waals surface area contributed by atoms with E-state index in [1.807, 2.05) is 6.08 Å². The molecule has 0 aliphatic carbocycles. The summed E-state index contributed by atoms with van der Waals surface area (Å²) in [4.78, 5) is 13.4. The van der Waals surface area contributed by atoms with E-state index in [4.69, 9.17) is 28.4 Å². The molecule has 3 heterocycles. The number of aliphatic hydroxyl groups excluding tert-OH is 11. The van der Waals surface area contributed by atoms with Gasteiger partial charge in [-0.15, -0.1) is 0 Å². The lowest BCUT2D eigenvalue weighted by atomic mass is 9.96. The Morgan fingerprint density at radius 3 is 1.07 bits per heavy atom. The van der Waals surface area contributed by atoms with Crippen LogP contribution in [0.5, 0.6) is 0 Å². The van der Waals surface area contributed by atoms with Crippen LogP contribution >= 0.6 is 0 Å². The zero-order valence-corrected chi connectivity index (χ0v) is 55.0. The van der Waals surface area contributed by atoms with Crippen molar-refractivity contribution in [3.8, 4) is 0 Å². The molecule has 3 aliphatic heterocycles. The summed E-state index contributed by atoms with van der Waals surface area (Å²) >= 11 is 0. The van der Waals surface area contributed by atoms with E-state index in [1.165, 1.54) is 218 Å². The molecule has 0 aromatic carbocycles. The lowest BCUT2D eigenvalue weighted by Gasteiger charge is -2.48. The standard InChI is InChI=1S/C69H131NO18/c1-3-5-7-9-11-13-15-17-19-21-23-25-27-29-31-33-35-37-39-41-43-45-47-57(75)70-52(53(74)46-44-42-40-38-36-34-32-30-28-26-24-22-20-18-16-14-12-10-8-6-4-2)51-83-67-63(81)60(78)65(55(49-72)85-67)88-69-64(82)61(79)66(56(50-73)86-69)87-68-62(80)59(77)58(76)54(48-71)84-68/h44,46,52-56,58-69,71-74,76-82H,3-43,45,47-51H2,1-2H3,(H,70,75)/b46-44+. The van der Waals surface area contributed by atoms with Gasteiger partial charge in [0.1, 0.15) is 73.2 Å². The average Bonchev–Trinajstić information content (AvgIpc) is 2.37. The topological polar surface area (TPSA) is 307 Å². The largest absolute Gasteiger partial charge is 0.394 e. The second-order valence-electron chi connectivity index (χ2n) is 26.1. The van der Waals surface area contributed by atoms with Crippen molar-refractivity contribution < 1.29 is 89.4 Å². The van der Waals surface area contributed by atoms with E-state index in [-0.39, 0.29) is 18.9 Å². The molecule has 17 unspecified atom stereocenters. The van der Waals surface area contributed by atoms with E-state index in [0.29, 0.717) is 6.42 Å². The maximum atomic E-state index is 13.4. The fourth-order valence-corrected chi connectivity index (χ4v) is 12.5. The van der Waals surface area contributed by atoms with E-state index in [1.54, 1.807) is 6.08 Å². The molecule has 1 amide bonds. The van der Waals surface area contributed by atoms with Gasteiger partial charge in [0.25, 0.3) is 0 Å². The molecule has 0 aromatic rings. The van der Waals surface area contributed by atoms with Crippen LogP contribution in [0.1, 0.15) is 290 Å². The van der Waals surface area contributed by atoms with Crippen LogP contribution in [0.4, 0.5) is 0 Å². The number of unbranched alkanes of at least 4 members (excludes halogenated alkanes) is 40. The number of hydrogen-bond acceptors (Lipinski definition) is 18. The molecule has 12 N–H and O–H groups in total. The van der Waals surface area contributed by atoms with Gasteiger partial charge in [-0.3, -0.25) is 4.79 Å². The number of aliphatic hydroxyl groups is 11. The first kappa shape index (κ1) is 80.8. The number of amides is 1. The molecule has 3 saturated heterocycles. The maximum Gasteiger partial charge on any atom is 0.220 e. The molecule has 0 spiro atoms. The molecular formula is C69H131NO18. The highest BCUT2D eigenvalue weighted by Gasteiger charge is 2.53. The van der Waals surface area contributed by atoms with Crippen LogP contribution in [-0.2, 0) is 33.2 Å². The van der Waals surface area contributed by atoms with Crippen LogP contribution in [-0.4, -0.2) is 193 Å². The third kappa shape index (κ3) is 33.6. The van der Waals surface area contributed by atoms with Gasteiger partial charge in [0, 0.05) is 6.42 Å². The van der Waals surface area contributed by atoms with E-state index in [9.17, 15) is 61.0 Å². The van der Waals surface area contributed by atoms with Gasteiger partial charge in [-0.2, -0.15) is 0 Å². The Morgan fingerprint density at radius 1 is 0.398 bits per heavy atom. The first-order valence-electron chi connectivity index (χ1n) is 35.9. The molecular weight excluding hydrogens is 1130 g/mol. The summed E-state index contributed by atoms with van der Waals surface area (Å²) in [5, 5.41) is 121. The highest BCUT2D eigenvalue weighted by molar-refractivity contribution is 5.76. The summed E-state index contributed by atoms with van der Waals surface area (Å²) in [6, 6.07) is -0.969. The Balaban J connectivity index is 1.43. The molecule has 0 bridgehead atoms. The minimum atomic E-state index is -1.98. The zero-order chi connectivity index (χ0) is 64.0. The molecule has 520 valence electrons. The van der Waals surface area contributed by atoms with E-state index in [0.717, 1.165) is 44.9 Å². The Bertz CT molecular complexity index is 1650. The summed E-state index contributed by atoms with van der Waals surface area (Å²) in [5.74, 6) is -0.268. The van der Waals surface area contributed by atoms with Gasteiger partial charge in [-0.25, -0.2) is 0 Å². The number of carbonyl (C=O) groups is 1. The van der Waals surface area contributed by atoms with Crippen LogP contribution in [0.25, 0.3) is 0 Å². The van der Waals surface area contributed by atoms with Crippen LogP contribution in [0.3, 0.4) is 0 Å². The third-order valence-electron chi connectivity index (χ3n) is 18.3. The fourth-order valence-electron chi connectivity index (χ4n) is 12.5. The van der Waals surface area contributed by atoms with Gasteiger partial charge in [-0.05, 0) is 19.3 Å². The van der Waals surface area contributed by atoms with Gasteiger partial charge in [0.05, 0.1) is 38.6 Å². The van der Waals surface area contributed by atoms with Gasteiger partial charge < -0.3 is 89.9 Å². The third-order valence-corrected chi connectivity index (χ3v) is 18.3. The number of allylic oxidation sites excluding steroid dienone is 1. The van der Waals surface area contributed by atoms with Crippen molar-refractivity contribution in [3.63, 3.8) is 0 Å². The van der Waals surface area contributed by atoms with Crippen molar-refractivity contribution in [2.75, 3.05) is 26.4 Å². The van der Waals surface area contributed by atoms with Crippen LogP contribution in [0.15, 0.2) is 12.2 Å². The lowest BCUT2D eigenvalue weighted by Crippen LogP contribution is -2.66. The van der Waals surface area contributed by atoms with Crippen LogP contribution in [0.2, 0.25) is 0 Å². The average molecular weight is 1260 g/mol. The number of ether oxygens (including phenoxy) is 6. The smallest absolute Gasteiger partial charge is 0.220 e. The Hall–Kier alpha value is -1.47. The number of nitrogens with one attached hydrogen (secondary N) is 1. The van der Waals surface area contributed by atoms with E-state index < -0.39 is 124 Å². The summed E-state index contributed by atoms with van der Waals surface area (Å²) in [6.07, 6.45) is 30.4. The summed E-state index contributed by atoms with van der Waals surface area (Å²) < 4.78 is 34.4. The van der Waals surface area contributed by atoms with Crippen molar-refractivity contribution in [2.45, 2.75) is 394 Å². The number of rotatable bonds is 56. The summed E-state index contributed by atoms with van der Waals surface area (Å²) in [7, 11) is 0. The minimum absolute atomic E-state index is 0.250. The van der Waals surface area contributed by atoms with E-state index >= 15 is 0 Å². The Morgan fingerprint density at radius 2 is 0.705 bits per heavy atom. The molecule has 3 fully saturated rings. The summed E-state index contributed by atoms with van der Waals surface area (Å²) in [6.45, 7) is 1.78. The predicted octanol–water partition coefficient (Wildman–Crippen LogP) is 9.67. The molecule has 0 saturated carbocycles. The first-order valence-corrected chi connectivity index (χ1v) is 35.9. The molecule has 3 rings (SSSR count). The van der Waals surface area contributed by atoms with Gasteiger partial charge >= 0.3 is 0 Å². The monoisotopic (exact) mass is 1260 g/mol. The van der Waals surface area contributed by atoms with Crippen molar-refractivity contribution in [2.24, 2.45) is 0 Å². The number of carbonyl (C=O) groups excluding carboxylic acids is 1. The van der Waals surface area contributed by atoms with Crippen LogP contribution < -0.4 is 5.32 Å². The van der Waals surface area contributed by atoms with Crippen molar-refractivity contribution in [1.29, 1.82) is 0 Å². The molecule has 3 aliphatic rings. The predicted molar refractivity (Wildman–Crippen MR) is 342 cm³/mol. The highest BCUT2D eigenvalue weighted by atomic mass is 16.8. The second kappa shape index (κ2) is 51.9. The molecule has 88 heavy (non-hydrogen) atoms. The maximum absolute atomic E-state index is 13.4. The quantitative estimate of drug-likeness (QED) is 0.0199.